The molecule has 0 heterocycles. The van der Waals surface area contributed by atoms with Crippen molar-refractivity contribution in [2.45, 2.75) is 215 Å². The number of fused-ring (bicyclic) bond motifs is 9. The van der Waals surface area contributed by atoms with Crippen molar-refractivity contribution in [3.05, 3.63) is 373 Å². The molecule has 120 heavy (non-hydrogen) atoms. The maximum absolute atomic E-state index is 2.58. The summed E-state index contributed by atoms with van der Waals surface area (Å²) in [6.07, 6.45) is 34.8. The van der Waals surface area contributed by atoms with Gasteiger partial charge in [0.25, 0.3) is 0 Å². The average Bonchev–Trinajstić information content (AvgIpc) is 1.24. The molecule has 606 valence electrons. The summed E-state index contributed by atoms with van der Waals surface area (Å²) >= 11 is 0. The maximum Gasteiger partial charge on any atom is 0.0465 e. The van der Waals surface area contributed by atoms with Crippen LogP contribution in [0.15, 0.2) is 273 Å². The number of rotatable bonds is 33. The number of nitrogens with zero attached hydrogens (tertiary/aromatic N) is 3. The van der Waals surface area contributed by atoms with Crippen LogP contribution in [-0.4, -0.2) is 0 Å². The first kappa shape index (κ1) is 82.2. The van der Waals surface area contributed by atoms with E-state index >= 15 is 0 Å². The molecule has 13 aromatic rings. The monoisotopic (exact) mass is 1570 g/mol. The van der Waals surface area contributed by atoms with Gasteiger partial charge in [-0.2, -0.15) is 0 Å². The van der Waals surface area contributed by atoms with Crippen molar-refractivity contribution >= 4 is 87.6 Å². The highest BCUT2D eigenvalue weighted by Gasteiger charge is 2.46. The van der Waals surface area contributed by atoms with Gasteiger partial charge in [0, 0.05) is 67.4 Å². The first-order valence-corrected chi connectivity index (χ1v) is 45.4. The summed E-state index contributed by atoms with van der Waals surface area (Å²) in [4.78, 5) is 7.40. The van der Waals surface area contributed by atoms with Crippen molar-refractivity contribution in [2.24, 2.45) is 0 Å². The molecule has 0 amide bonds. The number of unbranched alkanes of at least 4 members (excludes halogenated alkanes) is 6. The van der Waals surface area contributed by atoms with Crippen molar-refractivity contribution in [3.8, 4) is 33.4 Å². The second-order valence-electron chi connectivity index (χ2n) is 35.4. The minimum Gasteiger partial charge on any atom is -0.310 e. The predicted octanol–water partition coefficient (Wildman–Crippen LogP) is 34.4. The van der Waals surface area contributed by atoms with Crippen LogP contribution in [0.25, 0.3) is 69.8 Å². The summed E-state index contributed by atoms with van der Waals surface area (Å²) in [7, 11) is 0. The maximum atomic E-state index is 2.58. The minimum absolute atomic E-state index is 0.134. The third kappa shape index (κ3) is 16.6. The van der Waals surface area contributed by atoms with E-state index in [1.807, 2.05) is 0 Å². The van der Waals surface area contributed by atoms with E-state index in [4.69, 9.17) is 0 Å². The van der Waals surface area contributed by atoms with Gasteiger partial charge < -0.3 is 14.7 Å². The Kier molecular flexibility index (Phi) is 24.8. The van der Waals surface area contributed by atoms with Gasteiger partial charge in [-0.3, -0.25) is 0 Å². The van der Waals surface area contributed by atoms with Gasteiger partial charge in [-0.15, -0.1) is 0 Å². The summed E-state index contributed by atoms with van der Waals surface area (Å²) in [5.74, 6) is 0. The molecule has 3 aliphatic carbocycles. The van der Waals surface area contributed by atoms with E-state index in [-0.39, 0.29) is 16.2 Å². The molecule has 3 nitrogen and oxygen atoms in total. The third-order valence-corrected chi connectivity index (χ3v) is 26.8. The van der Waals surface area contributed by atoms with Crippen LogP contribution in [0.4, 0.5) is 51.2 Å². The van der Waals surface area contributed by atoms with Gasteiger partial charge >= 0.3 is 0 Å². The van der Waals surface area contributed by atoms with E-state index in [2.05, 4.69) is 407 Å². The highest BCUT2D eigenvalue weighted by atomic mass is 15.2. The fraction of sp³-hybridized carbons (Fsp3) is 0.282. The van der Waals surface area contributed by atoms with Crippen LogP contribution in [0.3, 0.4) is 0 Å². The molecule has 0 saturated carbocycles. The van der Waals surface area contributed by atoms with E-state index in [9.17, 15) is 0 Å². The smallest absolute Gasteiger partial charge is 0.0465 e. The molecule has 0 atom stereocenters. The Labute approximate surface area is 719 Å². The summed E-state index contributed by atoms with van der Waals surface area (Å²) in [5.41, 5.74) is 42.2. The number of hydrogen-bond acceptors (Lipinski definition) is 3. The van der Waals surface area contributed by atoms with Crippen molar-refractivity contribution in [2.75, 3.05) is 14.7 Å². The molecular formula is C117H123N3. The molecule has 0 unspecified atom stereocenters. The Hall–Kier alpha value is -11.5. The topological polar surface area (TPSA) is 9.72 Å². The second kappa shape index (κ2) is 36.2. The molecule has 16 rings (SSSR count). The first-order chi connectivity index (χ1) is 58.6. The minimum atomic E-state index is -0.134. The molecule has 0 aromatic heterocycles. The molecule has 0 spiro atoms. The van der Waals surface area contributed by atoms with E-state index in [0.29, 0.717) is 0 Å². The van der Waals surface area contributed by atoms with Crippen LogP contribution < -0.4 is 14.7 Å². The largest absolute Gasteiger partial charge is 0.310 e. The fourth-order valence-electron chi connectivity index (χ4n) is 20.2. The lowest BCUT2D eigenvalue weighted by molar-refractivity contribution is 0.414. The zero-order valence-corrected chi connectivity index (χ0v) is 73.5. The van der Waals surface area contributed by atoms with Gasteiger partial charge in [0.15, 0.2) is 0 Å². The van der Waals surface area contributed by atoms with E-state index in [1.54, 1.807) is 0 Å². The normalized spacial score (nSPS) is 13.7. The highest BCUT2D eigenvalue weighted by Crippen LogP contribution is 2.60. The van der Waals surface area contributed by atoms with Crippen molar-refractivity contribution in [1.82, 2.24) is 0 Å². The Bertz CT molecular complexity index is 5120. The van der Waals surface area contributed by atoms with E-state index in [0.717, 1.165) is 116 Å². The van der Waals surface area contributed by atoms with Crippen LogP contribution in [0.2, 0.25) is 0 Å². The van der Waals surface area contributed by atoms with Crippen molar-refractivity contribution < 1.29 is 0 Å². The number of hydrogen-bond donors (Lipinski definition) is 0. The fourth-order valence-corrected chi connectivity index (χ4v) is 20.2. The van der Waals surface area contributed by atoms with Crippen LogP contribution in [-0.2, 0) is 16.2 Å². The van der Waals surface area contributed by atoms with Gasteiger partial charge in [0.05, 0.1) is 0 Å². The van der Waals surface area contributed by atoms with Crippen LogP contribution in [0.5, 0.6) is 0 Å². The molecule has 0 radical (unpaired) electrons. The summed E-state index contributed by atoms with van der Waals surface area (Å²) in [6.45, 7) is 27.3. The van der Waals surface area contributed by atoms with Gasteiger partial charge in [-0.25, -0.2) is 0 Å². The summed E-state index contributed by atoms with van der Waals surface area (Å²) in [5, 5.41) is 0. The second-order valence-corrected chi connectivity index (χ2v) is 35.4. The predicted molar refractivity (Wildman–Crippen MR) is 521 cm³/mol. The molecule has 0 aliphatic heterocycles. The SMILES string of the molecule is CCCCC1(CCCC)c2cc(/C=C/c3cc(/C=C/c4ccc5c(c4)C(CCCC)(CCCC)c4cc(N(c6ccc(C)cc6)c6ccc(C)cc6)ccc4-5)cc(/C=C/c4ccc5c(c4)C(CCCC)(CCCC)c4cc(N(c6ccc(C)cc6)c6ccc(C)cc6)ccc4-5)c3)ccc2-c2ccc(N(c3ccc(C)cc3)c3ccc(C)cc3)cc21. The van der Waals surface area contributed by atoms with Gasteiger partial charge in [-0.1, -0.05) is 334 Å². The zero-order chi connectivity index (χ0) is 83.1. The van der Waals surface area contributed by atoms with Crippen LogP contribution in [0, 0.1) is 41.5 Å². The van der Waals surface area contributed by atoms with Crippen molar-refractivity contribution in [3.63, 3.8) is 0 Å². The average molecular weight is 1570 g/mol. The Morgan fingerprint density at radius 3 is 0.542 bits per heavy atom. The van der Waals surface area contributed by atoms with Gasteiger partial charge in [-0.05, 0) is 308 Å². The van der Waals surface area contributed by atoms with Crippen LogP contribution >= 0.6 is 0 Å². The van der Waals surface area contributed by atoms with Gasteiger partial charge in [0.1, 0.15) is 0 Å². The lowest BCUT2D eigenvalue weighted by Gasteiger charge is -2.34. The standard InChI is InChI=1S/C117H123N3/c1-13-19-67-115(68-20-14-2)109-76-88(43-61-103(109)106-64-58-100(79-112(106)115)118(94-46-25-82(7)26-47-94)95-48-27-83(8)28-49-95)37-40-91-73-92(41-38-89-44-62-104-107-65-59-101(80-113(107)116(69-21-15-3,70-22-16-4)110(104)77-89)119(96-50-29-84(9)30-51-96)97-52-31-85(10)32-53-97)75-93(74-91)42-39-90-45-63-105-108-66-60-102(81-114(108)117(71-23-17-5,72-24-18-6)111(105)78-90)120(98-54-33-86(11)34-55-98)99-56-35-87(12)36-57-99/h25-66,73-81H,13-24,67-72H2,1-12H3/b40-37+,41-38+,42-39+. The number of aryl methyl sites for hydroxylation is 6. The quantitative estimate of drug-likeness (QED) is 0.0380. The van der Waals surface area contributed by atoms with E-state index < -0.39 is 0 Å². The molecule has 3 heteroatoms. The number of benzene rings is 13. The molecule has 0 fully saturated rings. The zero-order valence-electron chi connectivity index (χ0n) is 73.5. The van der Waals surface area contributed by atoms with Gasteiger partial charge in [0.2, 0.25) is 0 Å². The lowest BCUT2D eigenvalue weighted by Crippen LogP contribution is -2.26. The first-order valence-electron chi connectivity index (χ1n) is 45.4. The molecule has 0 bridgehead atoms. The van der Waals surface area contributed by atoms with Crippen LogP contribution in [0.1, 0.15) is 257 Å². The summed E-state index contributed by atoms with van der Waals surface area (Å²) < 4.78 is 0. The molecule has 3 aliphatic rings. The lowest BCUT2D eigenvalue weighted by atomic mass is 9.70. The Morgan fingerprint density at radius 2 is 0.350 bits per heavy atom. The molecule has 13 aromatic carbocycles. The summed E-state index contributed by atoms with van der Waals surface area (Å²) in [6, 6.07) is 106. The Balaban J connectivity index is 0.794. The third-order valence-electron chi connectivity index (χ3n) is 26.8. The Morgan fingerprint density at radius 1 is 0.183 bits per heavy atom. The molecular weight excluding hydrogens is 1450 g/mol. The van der Waals surface area contributed by atoms with Crippen molar-refractivity contribution in [1.29, 1.82) is 0 Å². The van der Waals surface area contributed by atoms with E-state index in [1.165, 1.54) is 185 Å². The highest BCUT2D eigenvalue weighted by molar-refractivity contribution is 5.92. The molecule has 0 N–H and O–H groups in total. The molecule has 0 saturated heterocycles. The number of anilines is 9.